The summed E-state index contributed by atoms with van der Waals surface area (Å²) in [5.74, 6) is 0.0425. The van der Waals surface area contributed by atoms with E-state index in [0.29, 0.717) is 24.2 Å². The molecule has 28 heavy (non-hydrogen) atoms. The number of imidazole rings is 1. The molecule has 8 nitrogen and oxygen atoms in total. The molecule has 8 heteroatoms. The van der Waals surface area contributed by atoms with Gasteiger partial charge >= 0.3 is 0 Å². The Morgan fingerprint density at radius 2 is 1.64 bits per heavy atom. The normalized spacial score (nSPS) is 17.3. The zero-order chi connectivity index (χ0) is 19.7. The van der Waals surface area contributed by atoms with Crippen molar-refractivity contribution >= 4 is 17.7 Å². The fraction of sp³-hybridized carbons (Fsp3) is 0.400. The van der Waals surface area contributed by atoms with E-state index < -0.39 is 0 Å². The molecule has 0 unspecified atom stereocenters. The molecule has 0 atom stereocenters. The van der Waals surface area contributed by atoms with Gasteiger partial charge in [-0.05, 0) is 19.1 Å². The van der Waals surface area contributed by atoms with E-state index in [1.807, 2.05) is 13.1 Å². The van der Waals surface area contributed by atoms with E-state index in [2.05, 4.69) is 14.5 Å². The van der Waals surface area contributed by atoms with Crippen molar-refractivity contribution in [1.82, 2.24) is 24.3 Å². The van der Waals surface area contributed by atoms with Crippen LogP contribution in [-0.2, 0) is 11.3 Å². The van der Waals surface area contributed by atoms with Crippen LogP contribution in [0.5, 0.6) is 0 Å². The number of benzene rings is 1. The van der Waals surface area contributed by atoms with E-state index in [1.54, 1.807) is 35.4 Å². The Hall–Kier alpha value is -3.00. The summed E-state index contributed by atoms with van der Waals surface area (Å²) in [6.07, 6.45) is 3.77. The molecule has 1 fully saturated rings. The summed E-state index contributed by atoms with van der Waals surface area (Å²) in [6, 6.07) is 6.70. The molecule has 146 valence electrons. The first-order chi connectivity index (χ1) is 13.5. The number of carbonyl (C=O) groups is 3. The van der Waals surface area contributed by atoms with Gasteiger partial charge in [0.25, 0.3) is 11.8 Å². The number of amides is 3. The lowest BCUT2D eigenvalue weighted by Gasteiger charge is -2.35. The highest BCUT2D eigenvalue weighted by Gasteiger charge is 2.37. The molecule has 1 saturated heterocycles. The van der Waals surface area contributed by atoms with Crippen LogP contribution in [0.15, 0.2) is 36.7 Å². The standard InChI is InChI=1S/C20H23N5O3/c1-15-21-6-7-23(15)11-8-22-9-12-24(13-10-22)18(26)14-25-19(27)16-4-2-3-5-17(16)20(25)28/h2-7H,8-14H2,1H3. The summed E-state index contributed by atoms with van der Waals surface area (Å²) < 4.78 is 2.11. The molecular formula is C20H23N5O3. The maximum atomic E-state index is 12.6. The number of aryl methyl sites for hydroxylation is 1. The van der Waals surface area contributed by atoms with E-state index in [0.717, 1.165) is 36.9 Å². The first-order valence-corrected chi connectivity index (χ1v) is 9.47. The monoisotopic (exact) mass is 381 g/mol. The summed E-state index contributed by atoms with van der Waals surface area (Å²) >= 11 is 0. The van der Waals surface area contributed by atoms with Gasteiger partial charge < -0.3 is 9.47 Å². The van der Waals surface area contributed by atoms with Gasteiger partial charge in [0.05, 0.1) is 11.1 Å². The molecule has 1 aromatic carbocycles. The largest absolute Gasteiger partial charge is 0.339 e. The smallest absolute Gasteiger partial charge is 0.262 e. The van der Waals surface area contributed by atoms with Crippen molar-refractivity contribution in [3.05, 3.63) is 53.6 Å². The molecule has 0 aliphatic carbocycles. The molecule has 0 spiro atoms. The van der Waals surface area contributed by atoms with E-state index in [9.17, 15) is 14.4 Å². The lowest BCUT2D eigenvalue weighted by molar-refractivity contribution is -0.133. The summed E-state index contributed by atoms with van der Waals surface area (Å²) in [6.45, 7) is 6.32. The second-order valence-corrected chi connectivity index (χ2v) is 7.13. The van der Waals surface area contributed by atoms with Crippen molar-refractivity contribution in [2.45, 2.75) is 13.5 Å². The van der Waals surface area contributed by atoms with Crippen LogP contribution in [0, 0.1) is 6.92 Å². The zero-order valence-electron chi connectivity index (χ0n) is 15.9. The Labute approximate surface area is 163 Å². The first-order valence-electron chi connectivity index (χ1n) is 9.47. The molecule has 4 rings (SSSR count). The Morgan fingerprint density at radius 1 is 1.00 bits per heavy atom. The lowest BCUT2D eigenvalue weighted by Crippen LogP contribution is -2.52. The molecule has 1 aromatic heterocycles. The van der Waals surface area contributed by atoms with Crippen molar-refractivity contribution in [1.29, 1.82) is 0 Å². The molecule has 2 aliphatic rings. The average Bonchev–Trinajstić information content (AvgIpc) is 3.23. The van der Waals surface area contributed by atoms with Gasteiger partial charge in [-0.3, -0.25) is 24.2 Å². The minimum Gasteiger partial charge on any atom is -0.339 e. The van der Waals surface area contributed by atoms with Crippen molar-refractivity contribution in [3.63, 3.8) is 0 Å². The number of imide groups is 1. The Morgan fingerprint density at radius 3 is 2.21 bits per heavy atom. The highest BCUT2D eigenvalue weighted by Crippen LogP contribution is 2.22. The number of aromatic nitrogens is 2. The number of fused-ring (bicyclic) bond motifs is 1. The van der Waals surface area contributed by atoms with Crippen LogP contribution >= 0.6 is 0 Å². The van der Waals surface area contributed by atoms with Crippen molar-refractivity contribution < 1.29 is 14.4 Å². The minimum atomic E-state index is -0.386. The number of hydrogen-bond acceptors (Lipinski definition) is 5. The van der Waals surface area contributed by atoms with Crippen molar-refractivity contribution in [2.75, 3.05) is 39.3 Å². The van der Waals surface area contributed by atoms with Gasteiger partial charge in [-0.25, -0.2) is 4.98 Å². The second kappa shape index (κ2) is 7.55. The number of piperazine rings is 1. The van der Waals surface area contributed by atoms with Crippen LogP contribution in [-0.4, -0.2) is 81.2 Å². The van der Waals surface area contributed by atoms with E-state index in [1.165, 1.54) is 0 Å². The van der Waals surface area contributed by atoms with Crippen LogP contribution in [0.1, 0.15) is 26.5 Å². The summed E-state index contributed by atoms with van der Waals surface area (Å²) in [7, 11) is 0. The summed E-state index contributed by atoms with van der Waals surface area (Å²) in [5.41, 5.74) is 0.750. The zero-order valence-corrected chi connectivity index (χ0v) is 15.9. The van der Waals surface area contributed by atoms with Crippen molar-refractivity contribution in [3.8, 4) is 0 Å². The van der Waals surface area contributed by atoms with Crippen LogP contribution in [0.3, 0.4) is 0 Å². The Balaban J connectivity index is 1.28. The van der Waals surface area contributed by atoms with Crippen LogP contribution in [0.2, 0.25) is 0 Å². The number of rotatable bonds is 5. The second-order valence-electron chi connectivity index (χ2n) is 7.13. The molecular weight excluding hydrogens is 358 g/mol. The summed E-state index contributed by atoms with van der Waals surface area (Å²) in [5, 5.41) is 0. The molecule has 0 saturated carbocycles. The molecule has 3 heterocycles. The first kappa shape index (κ1) is 18.4. The van der Waals surface area contributed by atoms with Gasteiger partial charge in [-0.2, -0.15) is 0 Å². The summed E-state index contributed by atoms with van der Waals surface area (Å²) in [4.78, 5) is 46.8. The van der Waals surface area contributed by atoms with Gasteiger partial charge in [-0.15, -0.1) is 0 Å². The SMILES string of the molecule is Cc1nccn1CCN1CCN(C(=O)CN2C(=O)c3ccccc3C2=O)CC1. The Bertz CT molecular complexity index is 879. The third kappa shape index (κ3) is 3.43. The van der Waals surface area contributed by atoms with Gasteiger partial charge in [-0.1, -0.05) is 12.1 Å². The minimum absolute atomic E-state index is 0.181. The van der Waals surface area contributed by atoms with Gasteiger partial charge in [0.1, 0.15) is 12.4 Å². The Kier molecular flexibility index (Phi) is 4.95. The van der Waals surface area contributed by atoms with Gasteiger partial charge in [0, 0.05) is 51.7 Å². The third-order valence-corrected chi connectivity index (χ3v) is 5.48. The van der Waals surface area contributed by atoms with E-state index >= 15 is 0 Å². The predicted molar refractivity (Wildman–Crippen MR) is 102 cm³/mol. The topological polar surface area (TPSA) is 78.8 Å². The number of nitrogens with zero attached hydrogens (tertiary/aromatic N) is 5. The van der Waals surface area contributed by atoms with Crippen LogP contribution in [0.4, 0.5) is 0 Å². The fourth-order valence-corrected chi connectivity index (χ4v) is 3.73. The average molecular weight is 381 g/mol. The fourth-order valence-electron chi connectivity index (χ4n) is 3.73. The van der Waals surface area contributed by atoms with Crippen LogP contribution < -0.4 is 0 Å². The van der Waals surface area contributed by atoms with Gasteiger partial charge in [0.2, 0.25) is 5.91 Å². The molecule has 0 radical (unpaired) electrons. The highest BCUT2D eigenvalue weighted by atomic mass is 16.2. The van der Waals surface area contributed by atoms with E-state index in [-0.39, 0.29) is 24.3 Å². The predicted octanol–water partition coefficient (Wildman–Crippen LogP) is 0.632. The molecule has 2 aromatic rings. The van der Waals surface area contributed by atoms with Crippen LogP contribution in [0.25, 0.3) is 0 Å². The van der Waals surface area contributed by atoms with Gasteiger partial charge in [0.15, 0.2) is 0 Å². The molecule has 3 amide bonds. The third-order valence-electron chi connectivity index (χ3n) is 5.48. The molecule has 2 aliphatic heterocycles. The highest BCUT2D eigenvalue weighted by molar-refractivity contribution is 6.22. The quantitative estimate of drug-likeness (QED) is 0.710. The van der Waals surface area contributed by atoms with E-state index in [4.69, 9.17) is 0 Å². The number of carbonyl (C=O) groups excluding carboxylic acids is 3. The lowest BCUT2D eigenvalue weighted by atomic mass is 10.1. The number of hydrogen-bond donors (Lipinski definition) is 0. The van der Waals surface area contributed by atoms with Crippen molar-refractivity contribution in [2.24, 2.45) is 0 Å². The molecule has 0 bridgehead atoms. The maximum absolute atomic E-state index is 12.6. The maximum Gasteiger partial charge on any atom is 0.262 e. The molecule has 0 N–H and O–H groups in total.